The van der Waals surface area contributed by atoms with Gasteiger partial charge in [0, 0.05) is 18.7 Å². The molecule has 0 saturated carbocycles. The highest BCUT2D eigenvalue weighted by molar-refractivity contribution is 5.97. The smallest absolute Gasteiger partial charge is 0.251 e. The minimum atomic E-state index is -0.529. The number of benzene rings is 1. The topological polar surface area (TPSA) is 70.2 Å². The molecule has 0 aliphatic carbocycles. The van der Waals surface area contributed by atoms with Crippen LogP contribution in [0.1, 0.15) is 37.6 Å². The molecule has 0 fully saturated rings. The van der Waals surface area contributed by atoms with Crippen LogP contribution in [0.2, 0.25) is 0 Å². The van der Waals surface area contributed by atoms with Crippen LogP contribution in [0, 0.1) is 5.92 Å². The van der Waals surface area contributed by atoms with E-state index >= 15 is 0 Å². The van der Waals surface area contributed by atoms with Crippen LogP contribution in [0.4, 0.5) is 0 Å². The van der Waals surface area contributed by atoms with E-state index in [1.165, 1.54) is 0 Å². The normalized spacial score (nSPS) is 12.0. The van der Waals surface area contributed by atoms with E-state index < -0.39 is 6.04 Å². The van der Waals surface area contributed by atoms with Crippen LogP contribution in [-0.4, -0.2) is 37.5 Å². The van der Waals surface area contributed by atoms with E-state index in [0.717, 1.165) is 19.5 Å². The first kappa shape index (κ1) is 18.2. The first-order chi connectivity index (χ1) is 10.6. The van der Waals surface area contributed by atoms with Gasteiger partial charge in [-0.05, 0) is 31.0 Å². The van der Waals surface area contributed by atoms with Gasteiger partial charge in [0.2, 0.25) is 5.91 Å². The third kappa shape index (κ3) is 6.26. The number of carbonyl (C=O) groups is 2. The molecule has 0 aromatic heterocycles. The molecule has 0 bridgehead atoms. The quantitative estimate of drug-likeness (QED) is 0.606. The number of amides is 2. The maximum Gasteiger partial charge on any atom is 0.251 e. The molecule has 22 heavy (non-hydrogen) atoms. The molecule has 2 amide bonds. The fourth-order valence-electron chi connectivity index (χ4n) is 2.03. The van der Waals surface area contributed by atoms with Crippen molar-refractivity contribution in [3.8, 4) is 0 Å². The number of hydrogen-bond donors (Lipinski definition) is 3. The van der Waals surface area contributed by atoms with Crippen LogP contribution in [0.15, 0.2) is 30.3 Å². The number of hydrogen-bond acceptors (Lipinski definition) is 3. The Morgan fingerprint density at radius 3 is 2.32 bits per heavy atom. The van der Waals surface area contributed by atoms with E-state index in [4.69, 9.17) is 0 Å². The minimum absolute atomic E-state index is 0.0243. The standard InChI is InChI=1S/C17H27N3O2/c1-4-10-18-11-12-19-17(22)15(13(2)3)20-16(21)14-8-6-5-7-9-14/h5-9,13,15,18H,4,10-12H2,1-3H3,(H,19,22)(H,20,21). The Morgan fingerprint density at radius 2 is 1.73 bits per heavy atom. The highest BCUT2D eigenvalue weighted by atomic mass is 16.2. The Labute approximate surface area is 132 Å². The van der Waals surface area contributed by atoms with Crippen LogP contribution >= 0.6 is 0 Å². The molecular weight excluding hydrogens is 278 g/mol. The second-order valence-corrected chi connectivity index (χ2v) is 5.60. The van der Waals surface area contributed by atoms with Crippen molar-refractivity contribution in [3.05, 3.63) is 35.9 Å². The molecule has 1 aromatic carbocycles. The maximum absolute atomic E-state index is 12.2. The largest absolute Gasteiger partial charge is 0.353 e. The van der Waals surface area contributed by atoms with Gasteiger partial charge in [-0.15, -0.1) is 0 Å². The highest BCUT2D eigenvalue weighted by Crippen LogP contribution is 2.05. The number of carbonyl (C=O) groups excluding carboxylic acids is 2. The zero-order chi connectivity index (χ0) is 16.4. The molecule has 0 spiro atoms. The second-order valence-electron chi connectivity index (χ2n) is 5.60. The van der Waals surface area contributed by atoms with Gasteiger partial charge in [-0.2, -0.15) is 0 Å². The van der Waals surface area contributed by atoms with Crippen molar-refractivity contribution in [2.24, 2.45) is 5.92 Å². The van der Waals surface area contributed by atoms with Crippen LogP contribution < -0.4 is 16.0 Å². The fourth-order valence-corrected chi connectivity index (χ4v) is 2.03. The molecule has 1 atom stereocenters. The lowest BCUT2D eigenvalue weighted by Gasteiger charge is -2.21. The summed E-state index contributed by atoms with van der Waals surface area (Å²) in [6.07, 6.45) is 1.07. The molecule has 1 unspecified atom stereocenters. The van der Waals surface area contributed by atoms with Crippen molar-refractivity contribution in [1.82, 2.24) is 16.0 Å². The zero-order valence-corrected chi connectivity index (χ0v) is 13.7. The van der Waals surface area contributed by atoms with E-state index in [-0.39, 0.29) is 17.7 Å². The van der Waals surface area contributed by atoms with Crippen LogP contribution in [0.5, 0.6) is 0 Å². The van der Waals surface area contributed by atoms with Crippen LogP contribution in [-0.2, 0) is 4.79 Å². The molecule has 0 saturated heterocycles. The summed E-state index contributed by atoms with van der Waals surface area (Å²) < 4.78 is 0. The Kier molecular flexibility index (Phi) is 8.22. The minimum Gasteiger partial charge on any atom is -0.353 e. The molecule has 3 N–H and O–H groups in total. The number of nitrogens with one attached hydrogen (secondary N) is 3. The van der Waals surface area contributed by atoms with Crippen molar-refractivity contribution < 1.29 is 9.59 Å². The Balaban J connectivity index is 2.50. The van der Waals surface area contributed by atoms with Crippen molar-refractivity contribution in [2.45, 2.75) is 33.2 Å². The monoisotopic (exact) mass is 305 g/mol. The molecule has 1 rings (SSSR count). The molecule has 5 nitrogen and oxygen atoms in total. The van der Waals surface area contributed by atoms with Gasteiger partial charge in [0.1, 0.15) is 6.04 Å². The van der Waals surface area contributed by atoms with Gasteiger partial charge in [-0.1, -0.05) is 39.0 Å². The molecule has 122 valence electrons. The van der Waals surface area contributed by atoms with Crippen molar-refractivity contribution in [1.29, 1.82) is 0 Å². The third-order valence-electron chi connectivity index (χ3n) is 3.30. The predicted octanol–water partition coefficient (Wildman–Crippen LogP) is 1.56. The zero-order valence-electron chi connectivity index (χ0n) is 13.7. The van der Waals surface area contributed by atoms with Crippen LogP contribution in [0.3, 0.4) is 0 Å². The lowest BCUT2D eigenvalue weighted by Crippen LogP contribution is -2.50. The summed E-state index contributed by atoms with van der Waals surface area (Å²) in [5.74, 6) is -0.340. The molecule has 0 aliphatic heterocycles. The molecule has 0 radical (unpaired) electrons. The maximum atomic E-state index is 12.2. The van der Waals surface area contributed by atoms with E-state index in [1.54, 1.807) is 24.3 Å². The van der Waals surface area contributed by atoms with E-state index in [9.17, 15) is 9.59 Å². The van der Waals surface area contributed by atoms with E-state index in [0.29, 0.717) is 12.1 Å². The predicted molar refractivity (Wildman–Crippen MR) is 88.7 cm³/mol. The summed E-state index contributed by atoms with van der Waals surface area (Å²) in [6, 6.07) is 8.40. The first-order valence-corrected chi connectivity index (χ1v) is 7.90. The number of rotatable bonds is 9. The highest BCUT2D eigenvalue weighted by Gasteiger charge is 2.24. The second kappa shape index (κ2) is 9.95. The Hall–Kier alpha value is -1.88. The Morgan fingerprint density at radius 1 is 1.05 bits per heavy atom. The molecular formula is C17H27N3O2. The summed E-state index contributed by atoms with van der Waals surface area (Å²) in [4.78, 5) is 24.4. The van der Waals surface area contributed by atoms with Gasteiger partial charge in [-0.3, -0.25) is 9.59 Å². The van der Waals surface area contributed by atoms with Crippen molar-refractivity contribution in [2.75, 3.05) is 19.6 Å². The van der Waals surface area contributed by atoms with Crippen molar-refractivity contribution >= 4 is 11.8 Å². The molecule has 1 aromatic rings. The average Bonchev–Trinajstić information content (AvgIpc) is 2.52. The molecule has 0 aliphatic rings. The van der Waals surface area contributed by atoms with Gasteiger partial charge in [0.15, 0.2) is 0 Å². The fraction of sp³-hybridized carbons (Fsp3) is 0.529. The van der Waals surface area contributed by atoms with Gasteiger partial charge in [-0.25, -0.2) is 0 Å². The van der Waals surface area contributed by atoms with Crippen molar-refractivity contribution in [3.63, 3.8) is 0 Å². The summed E-state index contributed by atoms with van der Waals surface area (Å²) in [6.45, 7) is 8.17. The summed E-state index contributed by atoms with van der Waals surface area (Å²) in [5.41, 5.74) is 0.561. The van der Waals surface area contributed by atoms with Crippen LogP contribution in [0.25, 0.3) is 0 Å². The van der Waals surface area contributed by atoms with Gasteiger partial charge >= 0.3 is 0 Å². The first-order valence-electron chi connectivity index (χ1n) is 7.90. The average molecular weight is 305 g/mol. The lowest BCUT2D eigenvalue weighted by atomic mass is 10.0. The Bertz CT molecular complexity index is 460. The SMILES string of the molecule is CCCNCCNC(=O)C(NC(=O)c1ccccc1)C(C)C. The summed E-state index contributed by atoms with van der Waals surface area (Å²) in [5, 5.41) is 8.90. The van der Waals surface area contributed by atoms with E-state index in [2.05, 4.69) is 22.9 Å². The third-order valence-corrected chi connectivity index (χ3v) is 3.30. The van der Waals surface area contributed by atoms with Gasteiger partial charge in [0.25, 0.3) is 5.91 Å². The molecule has 0 heterocycles. The van der Waals surface area contributed by atoms with Gasteiger partial charge in [0.05, 0.1) is 0 Å². The van der Waals surface area contributed by atoms with Gasteiger partial charge < -0.3 is 16.0 Å². The summed E-state index contributed by atoms with van der Waals surface area (Å²) in [7, 11) is 0. The van der Waals surface area contributed by atoms with E-state index in [1.807, 2.05) is 19.9 Å². The lowest BCUT2D eigenvalue weighted by molar-refractivity contribution is -0.123. The molecule has 5 heteroatoms. The summed E-state index contributed by atoms with van der Waals surface area (Å²) >= 11 is 0.